The summed E-state index contributed by atoms with van der Waals surface area (Å²) in [4.78, 5) is 24.9. The van der Waals surface area contributed by atoms with Gasteiger partial charge in [0, 0.05) is 17.5 Å². The molecule has 0 aliphatic carbocycles. The first kappa shape index (κ1) is 24.3. The Bertz CT molecular complexity index is 1180. The summed E-state index contributed by atoms with van der Waals surface area (Å²) >= 11 is 6.34. The fraction of sp³-hybridized carbons (Fsp3) is 0.304. The van der Waals surface area contributed by atoms with Gasteiger partial charge in [0.25, 0.3) is 0 Å². The molecule has 0 saturated heterocycles. The van der Waals surface area contributed by atoms with E-state index in [0.29, 0.717) is 11.8 Å². The molecule has 1 heterocycles. The minimum atomic E-state index is -3.43. The molecular weight excluding hydrogens is 454 g/mol. The number of rotatable bonds is 8. The number of fused-ring (bicyclic) bond motifs is 1. The van der Waals surface area contributed by atoms with Gasteiger partial charge in [-0.2, -0.15) is 0 Å². The van der Waals surface area contributed by atoms with Crippen molar-refractivity contribution >= 4 is 39.3 Å². The normalized spacial score (nSPS) is 13.2. The number of hydrogen-bond donors (Lipinski definition) is 3. The van der Waals surface area contributed by atoms with Crippen molar-refractivity contribution < 1.29 is 23.1 Å². The second-order valence-corrected chi connectivity index (χ2v) is 9.69. The van der Waals surface area contributed by atoms with Crippen LogP contribution in [0.4, 0.5) is 0 Å². The van der Waals surface area contributed by atoms with Crippen LogP contribution in [0.2, 0.25) is 5.02 Å². The number of benzene rings is 2. The lowest BCUT2D eigenvalue weighted by Gasteiger charge is -2.35. The molecule has 0 spiro atoms. The zero-order valence-corrected chi connectivity index (χ0v) is 19.6. The molecule has 1 unspecified atom stereocenters. The molecule has 32 heavy (non-hydrogen) atoms. The number of ether oxygens (including phenoxy) is 1. The molecule has 0 aliphatic rings. The van der Waals surface area contributed by atoms with E-state index >= 15 is 0 Å². The zero-order chi connectivity index (χ0) is 23.5. The molecule has 9 heteroatoms. The number of hydrogen-bond acceptors (Lipinski definition) is 7. The van der Waals surface area contributed by atoms with E-state index in [1.54, 1.807) is 37.3 Å². The maximum absolute atomic E-state index is 12.8. The number of halogens is 1. The van der Waals surface area contributed by atoms with Gasteiger partial charge in [0.2, 0.25) is 0 Å². The largest absolute Gasteiger partial charge is 0.424 e. The Morgan fingerprint density at radius 1 is 1.19 bits per heavy atom. The van der Waals surface area contributed by atoms with Gasteiger partial charge in [0.05, 0.1) is 9.92 Å². The monoisotopic (exact) mass is 479 g/mol. The van der Waals surface area contributed by atoms with Crippen molar-refractivity contribution in [2.75, 3.05) is 0 Å². The van der Waals surface area contributed by atoms with Crippen LogP contribution in [0, 0.1) is 6.92 Å². The Hall–Kier alpha value is -2.36. The number of nitrogens with one attached hydrogen (secondary N) is 1. The van der Waals surface area contributed by atoms with E-state index < -0.39 is 28.4 Å². The number of esters is 1. The summed E-state index contributed by atoms with van der Waals surface area (Å²) in [5.41, 5.74) is 1.53. The minimum Gasteiger partial charge on any atom is -0.424 e. The topological polar surface area (TPSA) is 109 Å². The van der Waals surface area contributed by atoms with Crippen molar-refractivity contribution in [3.05, 3.63) is 69.0 Å². The minimum absolute atomic E-state index is 0.0213. The predicted octanol–water partition coefficient (Wildman–Crippen LogP) is 5.71. The molecule has 0 radical (unpaired) electrons. The molecule has 3 N–H and O–H groups in total. The van der Waals surface area contributed by atoms with Crippen LogP contribution < -0.4 is 15.1 Å². The van der Waals surface area contributed by atoms with E-state index in [1.807, 2.05) is 13.8 Å². The van der Waals surface area contributed by atoms with Gasteiger partial charge in [-0.3, -0.25) is 9.11 Å². The van der Waals surface area contributed by atoms with Gasteiger partial charge in [-0.05, 0) is 43.5 Å². The van der Waals surface area contributed by atoms with Crippen LogP contribution in [0.1, 0.15) is 37.8 Å². The van der Waals surface area contributed by atoms with Crippen molar-refractivity contribution in [2.45, 2.75) is 51.0 Å². The Balaban J connectivity index is 1.85. The van der Waals surface area contributed by atoms with E-state index in [0.717, 1.165) is 17.5 Å². The van der Waals surface area contributed by atoms with Crippen molar-refractivity contribution in [3.8, 4) is 5.75 Å². The van der Waals surface area contributed by atoms with E-state index in [2.05, 4.69) is 4.72 Å². The van der Waals surface area contributed by atoms with Gasteiger partial charge < -0.3 is 9.15 Å². The number of aryl methyl sites for hydroxylation is 2. The van der Waals surface area contributed by atoms with Crippen LogP contribution in [0.5, 0.6) is 5.75 Å². The van der Waals surface area contributed by atoms with Crippen molar-refractivity contribution in [3.63, 3.8) is 0 Å². The predicted molar refractivity (Wildman–Crippen MR) is 127 cm³/mol. The summed E-state index contributed by atoms with van der Waals surface area (Å²) in [7, 11) is -3.43. The Morgan fingerprint density at radius 3 is 2.50 bits per heavy atom. The highest BCUT2D eigenvalue weighted by atomic mass is 35.5. The van der Waals surface area contributed by atoms with Crippen molar-refractivity contribution in [1.29, 1.82) is 0 Å². The lowest BCUT2D eigenvalue weighted by Crippen LogP contribution is -2.40. The van der Waals surface area contributed by atoms with Gasteiger partial charge in [-0.15, -0.1) is 10.8 Å². The van der Waals surface area contributed by atoms with Crippen LogP contribution in [-0.4, -0.2) is 21.1 Å². The molecule has 0 fully saturated rings. The molecule has 0 aliphatic heterocycles. The van der Waals surface area contributed by atoms with E-state index in [-0.39, 0.29) is 27.7 Å². The summed E-state index contributed by atoms with van der Waals surface area (Å²) in [6, 6.07) is 10.1. The van der Waals surface area contributed by atoms with Crippen molar-refractivity contribution in [2.24, 2.45) is 0 Å². The van der Waals surface area contributed by atoms with Crippen LogP contribution >= 0.6 is 22.4 Å². The first-order chi connectivity index (χ1) is 15.1. The third-order valence-corrected chi connectivity index (χ3v) is 6.80. The summed E-state index contributed by atoms with van der Waals surface area (Å²) < 4.78 is 34.4. The van der Waals surface area contributed by atoms with Crippen molar-refractivity contribution in [1.82, 2.24) is 4.72 Å². The highest BCUT2D eigenvalue weighted by Gasteiger charge is 2.27. The molecule has 3 rings (SSSR count). The van der Waals surface area contributed by atoms with Gasteiger partial charge in [-0.25, -0.2) is 14.3 Å². The molecule has 7 nitrogen and oxygen atoms in total. The van der Waals surface area contributed by atoms with Gasteiger partial charge >= 0.3 is 11.6 Å². The molecule has 0 saturated carbocycles. The van der Waals surface area contributed by atoms with Crippen LogP contribution in [0.25, 0.3) is 11.0 Å². The molecule has 2 aromatic carbocycles. The maximum Gasteiger partial charge on any atom is 0.336 e. The smallest absolute Gasteiger partial charge is 0.336 e. The van der Waals surface area contributed by atoms with Gasteiger partial charge in [0.1, 0.15) is 11.6 Å². The Labute approximate surface area is 192 Å². The highest BCUT2D eigenvalue weighted by Crippen LogP contribution is 2.44. The van der Waals surface area contributed by atoms with E-state index in [4.69, 9.17) is 20.8 Å². The molecule has 172 valence electrons. The number of carbonyl (C=O) groups excluding carboxylic acids is 1. The Kier molecular flexibility index (Phi) is 7.63. The molecule has 1 atom stereocenters. The van der Waals surface area contributed by atoms with Crippen LogP contribution in [0.3, 0.4) is 0 Å². The zero-order valence-electron chi connectivity index (χ0n) is 18.1. The molecule has 1 aromatic heterocycles. The Morgan fingerprint density at radius 2 is 1.88 bits per heavy atom. The molecule has 3 aromatic rings. The summed E-state index contributed by atoms with van der Waals surface area (Å²) in [5.74, 6) is -0.721. The standard InChI is InChI=1S/C23H26ClNO6S/c1-4-6-15-11-22(26)30-20-13-21(18(24)12-17(15)20)31-23(27)19(5-2)25-32(28,29)16-9-7-14(3)8-10-16/h7-13,19,25,28-29H,4-6H2,1-3H3. The molecular formula is C23H26ClNO6S. The van der Waals surface area contributed by atoms with Crippen LogP contribution in [0.15, 0.2) is 56.6 Å². The third kappa shape index (κ3) is 5.51. The second-order valence-electron chi connectivity index (χ2n) is 7.48. The quantitative estimate of drug-likeness (QED) is 0.216. The average Bonchev–Trinajstić information content (AvgIpc) is 2.73. The van der Waals surface area contributed by atoms with Crippen LogP contribution in [-0.2, 0) is 11.2 Å². The lowest BCUT2D eigenvalue weighted by molar-refractivity contribution is -0.136. The SMILES string of the molecule is CCCc1cc(=O)oc2cc(OC(=O)C(CC)NS(O)(O)c3ccc(C)cc3)c(Cl)cc12. The maximum atomic E-state index is 12.8. The number of carbonyl (C=O) groups is 1. The highest BCUT2D eigenvalue weighted by molar-refractivity contribution is 8.22. The second kappa shape index (κ2) is 10.1. The first-order valence-corrected chi connectivity index (χ1v) is 12.2. The lowest BCUT2D eigenvalue weighted by atomic mass is 10.1. The summed E-state index contributed by atoms with van der Waals surface area (Å²) in [6.45, 7) is 5.59. The fourth-order valence-electron chi connectivity index (χ4n) is 3.25. The fourth-order valence-corrected chi connectivity index (χ4v) is 4.77. The third-order valence-electron chi connectivity index (χ3n) is 4.96. The molecule has 0 amide bonds. The molecule has 0 bridgehead atoms. The summed E-state index contributed by atoms with van der Waals surface area (Å²) in [5, 5.41) is 0.854. The van der Waals surface area contributed by atoms with Gasteiger partial charge in [-0.1, -0.05) is 49.6 Å². The first-order valence-electron chi connectivity index (χ1n) is 10.2. The van der Waals surface area contributed by atoms with Gasteiger partial charge in [0.15, 0.2) is 5.75 Å². The van der Waals surface area contributed by atoms with E-state index in [1.165, 1.54) is 12.1 Å². The average molecular weight is 480 g/mol. The van der Waals surface area contributed by atoms with E-state index in [9.17, 15) is 18.7 Å². The summed E-state index contributed by atoms with van der Waals surface area (Å²) in [6.07, 6.45) is 1.75.